The first kappa shape index (κ1) is 14.3. The standard InChI is InChI=1S/C13H19ClFNO/c1-3-13(4-2,9-17)8-16-10-5-6-12(15)11(14)7-10/h5-7,16-17H,3-4,8-9H2,1-2H3. The third-order valence-electron chi connectivity index (χ3n) is 3.42. The molecule has 0 spiro atoms. The fraction of sp³-hybridized carbons (Fsp3) is 0.538. The van der Waals surface area contributed by atoms with E-state index in [1.165, 1.54) is 6.07 Å². The molecule has 2 nitrogen and oxygen atoms in total. The summed E-state index contributed by atoms with van der Waals surface area (Å²) in [5, 5.41) is 12.7. The van der Waals surface area contributed by atoms with Gasteiger partial charge in [0.2, 0.25) is 0 Å². The molecule has 0 saturated heterocycles. The summed E-state index contributed by atoms with van der Waals surface area (Å²) in [7, 11) is 0. The Hall–Kier alpha value is -0.800. The van der Waals surface area contributed by atoms with Crippen LogP contribution in [0.25, 0.3) is 0 Å². The third-order valence-corrected chi connectivity index (χ3v) is 3.71. The number of aliphatic hydroxyl groups excluding tert-OH is 1. The van der Waals surface area contributed by atoms with E-state index in [1.54, 1.807) is 12.1 Å². The Bertz CT molecular complexity index is 358. The highest BCUT2D eigenvalue weighted by molar-refractivity contribution is 6.31. The minimum absolute atomic E-state index is 0.109. The van der Waals surface area contributed by atoms with Crippen molar-refractivity contribution in [3.05, 3.63) is 29.0 Å². The number of nitrogens with one attached hydrogen (secondary N) is 1. The van der Waals surface area contributed by atoms with Gasteiger partial charge in [0.15, 0.2) is 0 Å². The number of rotatable bonds is 6. The molecular weight excluding hydrogens is 241 g/mol. The van der Waals surface area contributed by atoms with Gasteiger partial charge in [0.1, 0.15) is 5.82 Å². The minimum Gasteiger partial charge on any atom is -0.396 e. The SMILES string of the molecule is CCC(CC)(CO)CNc1ccc(F)c(Cl)c1. The maximum atomic E-state index is 13.0. The van der Waals surface area contributed by atoms with Crippen molar-refractivity contribution in [1.29, 1.82) is 0 Å². The molecule has 2 N–H and O–H groups in total. The van der Waals surface area contributed by atoms with E-state index in [0.29, 0.717) is 6.54 Å². The fourth-order valence-corrected chi connectivity index (χ4v) is 1.86. The molecule has 0 saturated carbocycles. The average molecular weight is 260 g/mol. The van der Waals surface area contributed by atoms with Crippen molar-refractivity contribution in [3.8, 4) is 0 Å². The van der Waals surface area contributed by atoms with E-state index in [1.807, 2.05) is 0 Å². The Kier molecular flexibility index (Phi) is 5.22. The number of anilines is 1. The van der Waals surface area contributed by atoms with Crippen LogP contribution in [0.15, 0.2) is 18.2 Å². The molecule has 1 aromatic carbocycles. The second kappa shape index (κ2) is 6.22. The molecule has 0 bridgehead atoms. The first-order valence-corrected chi connectivity index (χ1v) is 6.24. The Morgan fingerprint density at radius 2 is 2.00 bits per heavy atom. The van der Waals surface area contributed by atoms with E-state index >= 15 is 0 Å². The molecular formula is C13H19ClFNO. The van der Waals surface area contributed by atoms with Crippen LogP contribution in [0.3, 0.4) is 0 Å². The Morgan fingerprint density at radius 3 is 2.47 bits per heavy atom. The van der Waals surface area contributed by atoms with Crippen LogP contribution in [0.4, 0.5) is 10.1 Å². The van der Waals surface area contributed by atoms with Gasteiger partial charge in [-0.15, -0.1) is 0 Å². The summed E-state index contributed by atoms with van der Waals surface area (Å²) in [6.45, 7) is 4.90. The lowest BCUT2D eigenvalue weighted by molar-refractivity contribution is 0.127. The van der Waals surface area contributed by atoms with Gasteiger partial charge in [-0.25, -0.2) is 4.39 Å². The van der Waals surface area contributed by atoms with Gasteiger partial charge >= 0.3 is 0 Å². The van der Waals surface area contributed by atoms with Gasteiger partial charge in [0, 0.05) is 17.6 Å². The predicted octanol–water partition coefficient (Wildman–Crippen LogP) is 3.69. The van der Waals surface area contributed by atoms with E-state index in [4.69, 9.17) is 11.6 Å². The smallest absolute Gasteiger partial charge is 0.141 e. The van der Waals surface area contributed by atoms with Crippen molar-refractivity contribution in [1.82, 2.24) is 0 Å². The lowest BCUT2D eigenvalue weighted by atomic mass is 9.83. The highest BCUT2D eigenvalue weighted by atomic mass is 35.5. The molecule has 0 atom stereocenters. The molecule has 0 aliphatic heterocycles. The Morgan fingerprint density at radius 1 is 1.35 bits per heavy atom. The first-order chi connectivity index (χ1) is 8.06. The summed E-state index contributed by atoms with van der Waals surface area (Å²) >= 11 is 5.70. The number of halogens is 2. The molecule has 0 fully saturated rings. The number of hydrogen-bond donors (Lipinski definition) is 2. The molecule has 17 heavy (non-hydrogen) atoms. The van der Waals surface area contributed by atoms with Crippen molar-refractivity contribution in [3.63, 3.8) is 0 Å². The highest BCUT2D eigenvalue weighted by Crippen LogP contribution is 2.27. The molecule has 96 valence electrons. The van der Waals surface area contributed by atoms with Crippen LogP contribution in [0.2, 0.25) is 5.02 Å². The Labute approximate surface area is 107 Å². The minimum atomic E-state index is -0.420. The normalized spacial score (nSPS) is 11.6. The predicted molar refractivity (Wildman–Crippen MR) is 70.0 cm³/mol. The van der Waals surface area contributed by atoms with Crippen molar-refractivity contribution in [2.24, 2.45) is 5.41 Å². The topological polar surface area (TPSA) is 32.3 Å². The third kappa shape index (κ3) is 3.58. The second-order valence-electron chi connectivity index (χ2n) is 4.35. The van der Waals surface area contributed by atoms with Gasteiger partial charge < -0.3 is 10.4 Å². The number of benzene rings is 1. The zero-order valence-electron chi connectivity index (χ0n) is 10.3. The molecule has 0 radical (unpaired) electrons. The summed E-state index contributed by atoms with van der Waals surface area (Å²) in [6.07, 6.45) is 1.78. The van der Waals surface area contributed by atoms with Crippen molar-refractivity contribution in [2.45, 2.75) is 26.7 Å². The van der Waals surface area contributed by atoms with E-state index < -0.39 is 5.82 Å². The van der Waals surface area contributed by atoms with Crippen LogP contribution in [0, 0.1) is 11.2 Å². The highest BCUT2D eigenvalue weighted by Gasteiger charge is 2.24. The molecule has 1 aromatic rings. The molecule has 1 rings (SSSR count). The van der Waals surface area contributed by atoms with Crippen LogP contribution in [-0.4, -0.2) is 18.3 Å². The van der Waals surface area contributed by atoms with Crippen LogP contribution in [0.1, 0.15) is 26.7 Å². The molecule has 0 heterocycles. The van der Waals surface area contributed by atoms with E-state index in [0.717, 1.165) is 18.5 Å². The second-order valence-corrected chi connectivity index (χ2v) is 4.75. The van der Waals surface area contributed by atoms with E-state index in [-0.39, 0.29) is 17.0 Å². The number of aliphatic hydroxyl groups is 1. The average Bonchev–Trinajstić information content (AvgIpc) is 2.36. The van der Waals surface area contributed by atoms with Crippen LogP contribution in [0.5, 0.6) is 0 Å². The lowest BCUT2D eigenvalue weighted by Gasteiger charge is -2.30. The zero-order valence-corrected chi connectivity index (χ0v) is 11.0. The van der Waals surface area contributed by atoms with Crippen LogP contribution in [-0.2, 0) is 0 Å². The van der Waals surface area contributed by atoms with Crippen LogP contribution < -0.4 is 5.32 Å². The van der Waals surface area contributed by atoms with Gasteiger partial charge in [-0.05, 0) is 31.0 Å². The molecule has 0 aliphatic rings. The maximum absolute atomic E-state index is 13.0. The molecule has 0 unspecified atom stereocenters. The van der Waals surface area contributed by atoms with Gasteiger partial charge in [-0.2, -0.15) is 0 Å². The Balaban J connectivity index is 2.68. The van der Waals surface area contributed by atoms with Gasteiger partial charge in [0.25, 0.3) is 0 Å². The van der Waals surface area contributed by atoms with Crippen molar-refractivity contribution >= 4 is 17.3 Å². The quantitative estimate of drug-likeness (QED) is 0.817. The molecule has 0 aromatic heterocycles. The van der Waals surface area contributed by atoms with Gasteiger partial charge in [0.05, 0.1) is 11.6 Å². The van der Waals surface area contributed by atoms with E-state index in [9.17, 15) is 9.50 Å². The summed E-state index contributed by atoms with van der Waals surface area (Å²) < 4.78 is 13.0. The monoisotopic (exact) mass is 259 g/mol. The van der Waals surface area contributed by atoms with Crippen LogP contribution >= 0.6 is 11.6 Å². The maximum Gasteiger partial charge on any atom is 0.141 e. The van der Waals surface area contributed by atoms with E-state index in [2.05, 4.69) is 19.2 Å². The summed E-state index contributed by atoms with van der Waals surface area (Å²) in [5.41, 5.74) is 0.650. The summed E-state index contributed by atoms with van der Waals surface area (Å²) in [4.78, 5) is 0. The van der Waals surface area contributed by atoms with Crippen molar-refractivity contribution < 1.29 is 9.50 Å². The fourth-order valence-electron chi connectivity index (χ4n) is 1.68. The lowest BCUT2D eigenvalue weighted by Crippen LogP contribution is -2.32. The van der Waals surface area contributed by atoms with Gasteiger partial charge in [-0.1, -0.05) is 25.4 Å². The first-order valence-electron chi connectivity index (χ1n) is 5.86. The number of hydrogen-bond acceptors (Lipinski definition) is 2. The summed E-state index contributed by atoms with van der Waals surface area (Å²) in [6, 6.07) is 4.54. The van der Waals surface area contributed by atoms with Crippen molar-refractivity contribution in [2.75, 3.05) is 18.5 Å². The van der Waals surface area contributed by atoms with Gasteiger partial charge in [-0.3, -0.25) is 0 Å². The zero-order chi connectivity index (χ0) is 12.9. The summed E-state index contributed by atoms with van der Waals surface area (Å²) in [5.74, 6) is -0.420. The molecule has 0 aliphatic carbocycles. The largest absolute Gasteiger partial charge is 0.396 e. The molecule has 0 amide bonds. The molecule has 4 heteroatoms.